The van der Waals surface area contributed by atoms with E-state index in [-0.39, 0.29) is 33.0 Å². The van der Waals surface area contributed by atoms with Crippen molar-refractivity contribution in [3.63, 3.8) is 0 Å². The van der Waals surface area contributed by atoms with Gasteiger partial charge < -0.3 is 13.8 Å². The molecule has 78 valence electrons. The van der Waals surface area contributed by atoms with E-state index in [2.05, 4.69) is 50.3 Å². The number of rotatable bonds is 4. The zero-order valence-electron chi connectivity index (χ0n) is 10.3. The minimum atomic E-state index is -0.0383. The van der Waals surface area contributed by atoms with Crippen molar-refractivity contribution in [2.24, 2.45) is 0 Å². The first-order valence-electron chi connectivity index (χ1n) is 4.57. The van der Waals surface area contributed by atoms with Gasteiger partial charge in [0.25, 0.3) is 0 Å². The van der Waals surface area contributed by atoms with Crippen LogP contribution in [0.2, 0.25) is 0 Å². The molecule has 0 rings (SSSR count). The summed E-state index contributed by atoms with van der Waals surface area (Å²) in [5.41, 5.74) is 0. The molecule has 0 saturated carbocycles. The fraction of sp³-hybridized carbons (Fsp3) is 0.333. The molecule has 0 fully saturated rings. The predicted octanol–water partition coefficient (Wildman–Crippen LogP) is 1.15. The van der Waals surface area contributed by atoms with Gasteiger partial charge in [-0.25, -0.2) is 0 Å². The first kappa shape index (κ1) is 16.4. The molecule has 14 heavy (non-hydrogen) atoms. The molecule has 0 amide bonds. The predicted molar refractivity (Wildman–Crippen MR) is 58.3 cm³/mol. The number of allylic oxidation sites excluding steroid dienone is 8. The summed E-state index contributed by atoms with van der Waals surface area (Å²) < 4.78 is 3.05. The summed E-state index contributed by atoms with van der Waals surface area (Å²) in [4.78, 5) is 0. The van der Waals surface area contributed by atoms with E-state index in [0.717, 1.165) is 0 Å². The monoisotopic (exact) mass is 246 g/mol. The summed E-state index contributed by atoms with van der Waals surface area (Å²) in [6.45, 7) is 8.53. The minimum Gasteiger partial charge on any atom is -1.00 e. The van der Waals surface area contributed by atoms with Crippen LogP contribution in [0.1, 0.15) is 29.1 Å². The van der Waals surface area contributed by atoms with Crippen molar-refractivity contribution >= 4 is 0 Å². The van der Waals surface area contributed by atoms with E-state index in [0.29, 0.717) is 0 Å². The van der Waals surface area contributed by atoms with Gasteiger partial charge in [-0.1, -0.05) is 0 Å². The molecule has 0 unspecified atom stereocenters. The summed E-state index contributed by atoms with van der Waals surface area (Å²) >= 11 is -0.0383. The van der Waals surface area contributed by atoms with E-state index in [1.54, 1.807) is 0 Å². The van der Waals surface area contributed by atoms with Gasteiger partial charge in [0.2, 0.25) is 0 Å². The Morgan fingerprint density at radius 3 is 1.57 bits per heavy atom. The molecule has 0 aliphatic rings. The van der Waals surface area contributed by atoms with Gasteiger partial charge in [0.1, 0.15) is 0 Å². The zero-order chi connectivity index (χ0) is 10.1. The molecule has 0 radical (unpaired) electrons. The normalized spacial score (nSPS) is 13.1. The van der Waals surface area contributed by atoms with Gasteiger partial charge in [-0.2, -0.15) is 0 Å². The summed E-state index contributed by atoms with van der Waals surface area (Å²) in [5, 5.41) is 0. The van der Waals surface area contributed by atoms with E-state index in [1.807, 2.05) is 13.8 Å². The first-order chi connectivity index (χ1) is 6.20. The standard InChI is InChI=1S/2C6H9.ClH.Ti.H/c2*1-3-5-6-4-2;;;/h2*3,5-6H,1-2H3;1H;;/q;;;+2;-1/p-1. The Morgan fingerprint density at radius 2 is 1.29 bits per heavy atom. The van der Waals surface area contributed by atoms with E-state index in [4.69, 9.17) is 0 Å². The van der Waals surface area contributed by atoms with Gasteiger partial charge in [0.05, 0.1) is 0 Å². The SMILES string of the molecule is CC=CC=[C](C)[Ti+2][C](C)=CC=CC.[Cl-].[H-]. The molecule has 0 heterocycles. The summed E-state index contributed by atoms with van der Waals surface area (Å²) in [6.07, 6.45) is 12.8. The number of hydrogen-bond donors (Lipinski definition) is 0. The minimum absolute atomic E-state index is 0. The molecule has 0 bridgehead atoms. The van der Waals surface area contributed by atoms with Crippen molar-refractivity contribution in [3.05, 3.63) is 44.2 Å². The van der Waals surface area contributed by atoms with Crippen LogP contribution in [-0.4, -0.2) is 0 Å². The Hall–Kier alpha value is -0.0357. The van der Waals surface area contributed by atoms with Gasteiger partial charge in [-0.15, -0.1) is 0 Å². The number of hydrogen-bond acceptors (Lipinski definition) is 0. The second-order valence-corrected chi connectivity index (χ2v) is 5.73. The third-order valence-electron chi connectivity index (χ3n) is 1.47. The maximum Gasteiger partial charge on any atom is -1.00 e. The fourth-order valence-corrected chi connectivity index (χ4v) is 2.41. The second-order valence-electron chi connectivity index (χ2n) is 2.88. The first-order valence-corrected chi connectivity index (χ1v) is 6.13. The van der Waals surface area contributed by atoms with E-state index in [9.17, 15) is 0 Å². The van der Waals surface area contributed by atoms with Crippen molar-refractivity contribution in [1.29, 1.82) is 0 Å². The van der Waals surface area contributed by atoms with E-state index >= 15 is 0 Å². The molecular formula is C12H19ClTi. The van der Waals surface area contributed by atoms with Gasteiger partial charge >= 0.3 is 91.1 Å². The Balaban J connectivity index is -0.000000720. The molecule has 0 aromatic rings. The van der Waals surface area contributed by atoms with Crippen LogP contribution in [0.15, 0.2) is 44.2 Å². The van der Waals surface area contributed by atoms with Gasteiger partial charge in [0, 0.05) is 0 Å². The third kappa shape index (κ3) is 10.0. The summed E-state index contributed by atoms with van der Waals surface area (Å²) in [7, 11) is 0. The van der Waals surface area contributed by atoms with Crippen molar-refractivity contribution in [1.82, 2.24) is 0 Å². The van der Waals surface area contributed by atoms with Crippen molar-refractivity contribution in [2.75, 3.05) is 0 Å². The Morgan fingerprint density at radius 1 is 0.929 bits per heavy atom. The van der Waals surface area contributed by atoms with Crippen LogP contribution in [0.25, 0.3) is 0 Å². The van der Waals surface area contributed by atoms with Crippen LogP contribution in [0.3, 0.4) is 0 Å². The van der Waals surface area contributed by atoms with Crippen LogP contribution >= 0.6 is 0 Å². The molecule has 0 aliphatic heterocycles. The van der Waals surface area contributed by atoms with Crippen molar-refractivity contribution in [3.8, 4) is 0 Å². The average molecular weight is 247 g/mol. The van der Waals surface area contributed by atoms with Gasteiger partial charge in [-0.3, -0.25) is 0 Å². The molecule has 0 nitrogen and oxygen atoms in total. The quantitative estimate of drug-likeness (QED) is 0.516. The molecule has 0 spiro atoms. The largest absolute Gasteiger partial charge is 1.00 e. The van der Waals surface area contributed by atoms with Crippen LogP contribution < -0.4 is 12.4 Å². The topological polar surface area (TPSA) is 0 Å². The van der Waals surface area contributed by atoms with Crippen molar-refractivity contribution in [2.45, 2.75) is 27.7 Å². The molecule has 0 N–H and O–H groups in total. The van der Waals surface area contributed by atoms with E-state index in [1.165, 1.54) is 7.76 Å². The Kier molecular flexibility index (Phi) is 12.9. The molecule has 0 aromatic heterocycles. The summed E-state index contributed by atoms with van der Waals surface area (Å²) in [5.74, 6) is 0. The van der Waals surface area contributed by atoms with Crippen LogP contribution in [0.4, 0.5) is 0 Å². The average Bonchev–Trinajstić information content (AvgIpc) is 2.11. The Bertz CT molecular complexity index is 226. The molecule has 0 saturated heterocycles. The van der Waals surface area contributed by atoms with Crippen molar-refractivity contribution < 1.29 is 33.0 Å². The molecule has 2 heteroatoms. The molecular weight excluding hydrogens is 227 g/mol. The van der Waals surface area contributed by atoms with Crippen LogP contribution in [-0.2, 0) is 19.2 Å². The maximum atomic E-state index is 2.22. The molecule has 0 aromatic carbocycles. The molecule has 0 aliphatic carbocycles. The summed E-state index contributed by atoms with van der Waals surface area (Å²) in [6, 6.07) is 0. The van der Waals surface area contributed by atoms with E-state index < -0.39 is 0 Å². The van der Waals surface area contributed by atoms with Crippen LogP contribution in [0, 0.1) is 0 Å². The second kappa shape index (κ2) is 11.0. The fourth-order valence-electron chi connectivity index (χ4n) is 0.875. The smallest absolute Gasteiger partial charge is 1.00 e. The van der Waals surface area contributed by atoms with Crippen LogP contribution in [0.5, 0.6) is 0 Å². The zero-order valence-corrected chi connectivity index (χ0v) is 11.7. The maximum absolute atomic E-state index is 2.22. The number of halogens is 1. The van der Waals surface area contributed by atoms with Gasteiger partial charge in [0.15, 0.2) is 0 Å². The Labute approximate surface area is 105 Å². The van der Waals surface area contributed by atoms with Gasteiger partial charge in [-0.05, 0) is 0 Å². The third-order valence-corrected chi connectivity index (χ3v) is 3.22. The molecule has 0 atom stereocenters.